The molecule has 0 saturated carbocycles. The van der Waals surface area contributed by atoms with Gasteiger partial charge in [-0.15, -0.1) is 16.9 Å². The fraction of sp³-hybridized carbons (Fsp3) is 0.500. The van der Waals surface area contributed by atoms with Gasteiger partial charge in [0.25, 0.3) is 11.6 Å². The summed E-state index contributed by atoms with van der Waals surface area (Å²) in [6, 6.07) is 1.73. The summed E-state index contributed by atoms with van der Waals surface area (Å²) in [5.41, 5.74) is 0.625. The number of halogens is 3. The van der Waals surface area contributed by atoms with Crippen LogP contribution in [0.25, 0.3) is 5.78 Å². The number of aromatic nitrogens is 4. The van der Waals surface area contributed by atoms with Crippen LogP contribution in [0, 0.1) is 6.92 Å². The molecule has 0 amide bonds. The lowest BCUT2D eigenvalue weighted by Crippen LogP contribution is -2.22. The third-order valence-electron chi connectivity index (χ3n) is 2.75. The molecule has 3 rings (SSSR count). The average Bonchev–Trinajstić information content (AvgIpc) is 2.95. The van der Waals surface area contributed by atoms with Crippen LogP contribution in [0.3, 0.4) is 0 Å². The summed E-state index contributed by atoms with van der Waals surface area (Å²) < 4.78 is 39.1. The number of rotatable bonds is 1. The fourth-order valence-electron chi connectivity index (χ4n) is 1.91. The van der Waals surface area contributed by atoms with Crippen molar-refractivity contribution in [3.05, 3.63) is 17.6 Å². The first-order valence-corrected chi connectivity index (χ1v) is 6.75. The summed E-state index contributed by atoms with van der Waals surface area (Å²) in [5, 5.41) is 3.54. The van der Waals surface area contributed by atoms with E-state index in [1.165, 1.54) is 4.52 Å². The molecule has 0 aliphatic carbocycles. The number of anilines is 1. The molecule has 0 unspecified atom stereocenters. The molecule has 0 bridgehead atoms. The van der Waals surface area contributed by atoms with Crippen molar-refractivity contribution in [3.8, 4) is 0 Å². The number of alkyl halides is 3. The van der Waals surface area contributed by atoms with Crippen LogP contribution in [0.2, 0.25) is 0 Å². The predicted molar refractivity (Wildman–Crippen MR) is 65.2 cm³/mol. The maximum atomic E-state index is 12.7. The van der Waals surface area contributed by atoms with Gasteiger partial charge in [0.05, 0.1) is 5.88 Å². The first-order valence-electron chi connectivity index (χ1n) is 5.59. The largest absolute Gasteiger partial charge is 0.453 e. The molecular weight excluding hydrogens is 279 g/mol. The first-order chi connectivity index (χ1) is 8.95. The maximum Gasteiger partial charge on any atom is 0.453 e. The molecule has 5 nitrogen and oxygen atoms in total. The zero-order chi connectivity index (χ0) is 13.6. The number of hydrogen-bond acceptors (Lipinski definition) is 5. The van der Waals surface area contributed by atoms with Gasteiger partial charge in [-0.25, -0.2) is 4.98 Å². The van der Waals surface area contributed by atoms with Gasteiger partial charge in [-0.3, -0.25) is 0 Å². The van der Waals surface area contributed by atoms with Gasteiger partial charge in [-0.2, -0.15) is 22.7 Å². The number of thioether (sulfide) groups is 1. The molecule has 9 heteroatoms. The van der Waals surface area contributed by atoms with E-state index < -0.39 is 12.0 Å². The monoisotopic (exact) mass is 289 g/mol. The van der Waals surface area contributed by atoms with Crippen LogP contribution >= 0.6 is 11.8 Å². The van der Waals surface area contributed by atoms with E-state index in [2.05, 4.69) is 15.1 Å². The lowest BCUT2D eigenvalue weighted by molar-refractivity contribution is -0.144. The quantitative estimate of drug-likeness (QED) is 0.803. The normalized spacial score (nSPS) is 16.5. The number of fused-ring (bicyclic) bond motifs is 1. The Morgan fingerprint density at radius 3 is 2.74 bits per heavy atom. The Hall–Kier alpha value is -1.51. The number of hydrogen-bond donors (Lipinski definition) is 0. The molecular formula is C10H10F3N5S. The van der Waals surface area contributed by atoms with Crippen molar-refractivity contribution in [1.82, 2.24) is 19.6 Å². The Balaban J connectivity index is 2.17. The van der Waals surface area contributed by atoms with E-state index >= 15 is 0 Å². The van der Waals surface area contributed by atoms with Crippen LogP contribution in [0.4, 0.5) is 19.0 Å². The van der Waals surface area contributed by atoms with E-state index in [0.717, 1.165) is 18.2 Å². The molecule has 0 spiro atoms. The summed E-state index contributed by atoms with van der Waals surface area (Å²) >= 11 is 1.73. The van der Waals surface area contributed by atoms with Crippen LogP contribution in [0.5, 0.6) is 0 Å². The van der Waals surface area contributed by atoms with E-state index in [0.29, 0.717) is 11.5 Å². The second kappa shape index (κ2) is 4.26. The van der Waals surface area contributed by atoms with Gasteiger partial charge in [0.15, 0.2) is 0 Å². The predicted octanol–water partition coefficient (Wildman–Crippen LogP) is 1.96. The molecule has 0 atom stereocenters. The highest BCUT2D eigenvalue weighted by Crippen LogP contribution is 2.28. The SMILES string of the molecule is Cc1cc(N2CCSC2)n2nc(C(F)(F)F)nc2n1. The molecule has 0 radical (unpaired) electrons. The maximum absolute atomic E-state index is 12.7. The lowest BCUT2D eigenvalue weighted by atomic mass is 10.4. The topological polar surface area (TPSA) is 46.3 Å². The van der Waals surface area contributed by atoms with E-state index in [-0.39, 0.29) is 5.78 Å². The van der Waals surface area contributed by atoms with E-state index in [1.54, 1.807) is 24.8 Å². The molecule has 19 heavy (non-hydrogen) atoms. The summed E-state index contributed by atoms with van der Waals surface area (Å²) in [6.45, 7) is 2.51. The zero-order valence-corrected chi connectivity index (χ0v) is 10.8. The van der Waals surface area contributed by atoms with Crippen LogP contribution in [0.15, 0.2) is 6.07 Å². The lowest BCUT2D eigenvalue weighted by Gasteiger charge is -2.17. The summed E-state index contributed by atoms with van der Waals surface area (Å²) in [4.78, 5) is 9.43. The van der Waals surface area contributed by atoms with Gasteiger partial charge >= 0.3 is 6.18 Å². The smallest absolute Gasteiger partial charge is 0.346 e. The van der Waals surface area contributed by atoms with Gasteiger partial charge < -0.3 is 4.90 Å². The van der Waals surface area contributed by atoms with Crippen molar-refractivity contribution in [2.75, 3.05) is 23.1 Å². The molecule has 3 heterocycles. The number of nitrogens with zero attached hydrogens (tertiary/aromatic N) is 5. The summed E-state index contributed by atoms with van der Waals surface area (Å²) in [5.74, 6) is 1.12. The van der Waals surface area contributed by atoms with Crippen molar-refractivity contribution < 1.29 is 13.2 Å². The summed E-state index contributed by atoms with van der Waals surface area (Å²) in [6.07, 6.45) is -4.56. The molecule has 1 saturated heterocycles. The zero-order valence-electron chi connectivity index (χ0n) is 9.98. The van der Waals surface area contributed by atoms with Crippen LogP contribution in [-0.2, 0) is 6.18 Å². The van der Waals surface area contributed by atoms with Crippen molar-refractivity contribution in [3.63, 3.8) is 0 Å². The Kier molecular flexibility index (Phi) is 2.80. The standard InChI is InChI=1S/C10H10F3N5S/c1-6-4-7(17-2-3-19-5-17)18-9(14-6)15-8(16-18)10(11,12)13/h4H,2-3,5H2,1H3. The Morgan fingerprint density at radius 2 is 2.11 bits per heavy atom. The minimum atomic E-state index is -4.56. The van der Waals surface area contributed by atoms with Crippen molar-refractivity contribution >= 4 is 23.4 Å². The van der Waals surface area contributed by atoms with Crippen molar-refractivity contribution in [2.24, 2.45) is 0 Å². The van der Waals surface area contributed by atoms with E-state index in [9.17, 15) is 13.2 Å². The van der Waals surface area contributed by atoms with Gasteiger partial charge in [-0.1, -0.05) is 0 Å². The van der Waals surface area contributed by atoms with E-state index in [1.807, 2.05) is 4.90 Å². The van der Waals surface area contributed by atoms with Crippen molar-refractivity contribution in [2.45, 2.75) is 13.1 Å². The third-order valence-corrected chi connectivity index (χ3v) is 3.72. The highest BCUT2D eigenvalue weighted by atomic mass is 32.2. The molecule has 1 aliphatic rings. The minimum absolute atomic E-state index is 0.0146. The Morgan fingerprint density at radius 1 is 1.32 bits per heavy atom. The first kappa shape index (κ1) is 12.5. The van der Waals surface area contributed by atoms with Crippen LogP contribution in [-0.4, -0.2) is 37.8 Å². The van der Waals surface area contributed by atoms with Crippen LogP contribution in [0.1, 0.15) is 11.5 Å². The van der Waals surface area contributed by atoms with Crippen LogP contribution < -0.4 is 4.90 Å². The molecule has 1 fully saturated rings. The fourth-order valence-corrected chi connectivity index (χ4v) is 2.87. The molecule has 1 aliphatic heterocycles. The number of aryl methyl sites for hydroxylation is 1. The average molecular weight is 289 g/mol. The highest BCUT2D eigenvalue weighted by Gasteiger charge is 2.37. The molecule has 2 aromatic heterocycles. The van der Waals surface area contributed by atoms with Crippen molar-refractivity contribution in [1.29, 1.82) is 0 Å². The molecule has 0 aromatic carbocycles. The highest BCUT2D eigenvalue weighted by molar-refractivity contribution is 7.99. The summed E-state index contributed by atoms with van der Waals surface area (Å²) in [7, 11) is 0. The molecule has 102 valence electrons. The second-order valence-corrected chi connectivity index (χ2v) is 5.28. The molecule has 2 aromatic rings. The molecule has 0 N–H and O–H groups in total. The van der Waals surface area contributed by atoms with Gasteiger partial charge in [0, 0.05) is 24.1 Å². The Bertz CT molecular complexity index is 617. The Labute approximate surface area is 110 Å². The van der Waals surface area contributed by atoms with Gasteiger partial charge in [0.1, 0.15) is 5.82 Å². The second-order valence-electron chi connectivity index (χ2n) is 4.20. The van der Waals surface area contributed by atoms with E-state index in [4.69, 9.17) is 0 Å². The third kappa shape index (κ3) is 2.22. The van der Waals surface area contributed by atoms with Gasteiger partial charge in [-0.05, 0) is 6.92 Å². The van der Waals surface area contributed by atoms with Gasteiger partial charge in [0.2, 0.25) is 0 Å². The minimum Gasteiger partial charge on any atom is -0.346 e.